The van der Waals surface area contributed by atoms with Crippen molar-refractivity contribution in [2.24, 2.45) is 5.73 Å². The van der Waals surface area contributed by atoms with E-state index in [2.05, 4.69) is 15.9 Å². The van der Waals surface area contributed by atoms with E-state index in [1.165, 1.54) is 12.1 Å². The molecule has 2 rings (SSSR count). The third-order valence-corrected chi connectivity index (χ3v) is 4.10. The summed E-state index contributed by atoms with van der Waals surface area (Å²) in [5.74, 6) is -0.617. The van der Waals surface area contributed by atoms with Gasteiger partial charge in [0.2, 0.25) is 0 Å². The number of halogens is 2. The summed E-state index contributed by atoms with van der Waals surface area (Å²) in [6.45, 7) is 0.954. The topological polar surface area (TPSA) is 55.6 Å². The van der Waals surface area contributed by atoms with E-state index in [1.807, 2.05) is 0 Å². The number of nitrogens with zero attached hydrogens (tertiary/aromatic N) is 1. The van der Waals surface area contributed by atoms with Crippen molar-refractivity contribution < 1.29 is 13.9 Å². The zero-order valence-electron chi connectivity index (χ0n) is 11.3. The van der Waals surface area contributed by atoms with Crippen molar-refractivity contribution in [1.82, 2.24) is 4.90 Å². The number of hydrogen-bond acceptors (Lipinski definition) is 3. The summed E-state index contributed by atoms with van der Waals surface area (Å²) in [5, 5.41) is 0. The molecule has 0 saturated carbocycles. The molecule has 1 fully saturated rings. The molecular formula is C14H18BrFN2O2. The van der Waals surface area contributed by atoms with Crippen LogP contribution in [0.25, 0.3) is 0 Å². The second-order valence-corrected chi connectivity index (χ2v) is 5.84. The van der Waals surface area contributed by atoms with E-state index in [4.69, 9.17) is 10.5 Å². The molecule has 0 spiro atoms. The molecule has 110 valence electrons. The number of likely N-dealkylation sites (tertiary alicyclic amines) is 1. The molecule has 1 aliphatic rings. The zero-order chi connectivity index (χ0) is 14.7. The van der Waals surface area contributed by atoms with Crippen LogP contribution in [0.15, 0.2) is 22.7 Å². The molecule has 4 nitrogen and oxygen atoms in total. The maximum absolute atomic E-state index is 13.4. The van der Waals surface area contributed by atoms with Crippen LogP contribution in [-0.4, -0.2) is 43.2 Å². The van der Waals surface area contributed by atoms with Crippen LogP contribution >= 0.6 is 15.9 Å². The van der Waals surface area contributed by atoms with Gasteiger partial charge in [-0.1, -0.05) is 15.9 Å². The maximum atomic E-state index is 13.4. The van der Waals surface area contributed by atoms with Crippen LogP contribution < -0.4 is 5.73 Å². The smallest absolute Gasteiger partial charge is 0.254 e. The summed E-state index contributed by atoms with van der Waals surface area (Å²) >= 11 is 3.20. The predicted octanol–water partition coefficient (Wildman–Crippen LogP) is 2.17. The van der Waals surface area contributed by atoms with Crippen molar-refractivity contribution in [3.63, 3.8) is 0 Å². The molecule has 0 aliphatic carbocycles. The highest BCUT2D eigenvalue weighted by Gasteiger charge is 2.31. The van der Waals surface area contributed by atoms with Gasteiger partial charge in [0.05, 0.1) is 6.10 Å². The fourth-order valence-corrected chi connectivity index (χ4v) is 3.03. The van der Waals surface area contributed by atoms with Gasteiger partial charge in [0.15, 0.2) is 0 Å². The van der Waals surface area contributed by atoms with Gasteiger partial charge in [0, 0.05) is 36.3 Å². The minimum Gasteiger partial charge on any atom is -0.381 e. The van der Waals surface area contributed by atoms with Crippen LogP contribution in [0.5, 0.6) is 0 Å². The molecule has 0 bridgehead atoms. The average molecular weight is 345 g/mol. The first kappa shape index (κ1) is 15.4. The van der Waals surface area contributed by atoms with Gasteiger partial charge >= 0.3 is 0 Å². The van der Waals surface area contributed by atoms with Crippen LogP contribution in [0.4, 0.5) is 4.39 Å². The predicted molar refractivity (Wildman–Crippen MR) is 78.0 cm³/mol. The molecule has 1 saturated heterocycles. The quantitative estimate of drug-likeness (QED) is 0.914. The lowest BCUT2D eigenvalue weighted by atomic mass is 9.98. The van der Waals surface area contributed by atoms with Gasteiger partial charge in [-0.15, -0.1) is 0 Å². The number of benzene rings is 1. The van der Waals surface area contributed by atoms with Gasteiger partial charge < -0.3 is 15.4 Å². The van der Waals surface area contributed by atoms with E-state index in [-0.39, 0.29) is 18.1 Å². The number of hydrogen-bond donors (Lipinski definition) is 1. The number of amides is 1. The fourth-order valence-electron chi connectivity index (χ4n) is 2.56. The Bertz CT molecular complexity index is 478. The molecule has 6 heteroatoms. The minimum absolute atomic E-state index is 0.0664. The van der Waals surface area contributed by atoms with Crippen molar-refractivity contribution in [2.75, 3.05) is 20.2 Å². The normalized spacial score (nSPS) is 22.9. The number of methoxy groups -OCH3 is 1. The Morgan fingerprint density at radius 3 is 2.90 bits per heavy atom. The number of piperidine rings is 1. The Hall–Kier alpha value is -0.980. The van der Waals surface area contributed by atoms with Gasteiger partial charge in [-0.25, -0.2) is 4.39 Å². The highest BCUT2D eigenvalue weighted by Crippen LogP contribution is 2.23. The number of ether oxygens (including phenoxy) is 1. The van der Waals surface area contributed by atoms with Gasteiger partial charge in [-0.3, -0.25) is 4.79 Å². The first-order valence-corrected chi connectivity index (χ1v) is 7.34. The molecule has 1 aromatic rings. The summed E-state index contributed by atoms with van der Waals surface area (Å²) < 4.78 is 19.3. The molecule has 20 heavy (non-hydrogen) atoms. The lowest BCUT2D eigenvalue weighted by Gasteiger charge is -2.38. The second-order valence-electron chi connectivity index (χ2n) is 4.93. The summed E-state index contributed by atoms with van der Waals surface area (Å²) in [6.07, 6.45) is 1.62. The monoisotopic (exact) mass is 344 g/mol. The van der Waals surface area contributed by atoms with Gasteiger partial charge in [0.1, 0.15) is 5.82 Å². The number of nitrogens with two attached hydrogens (primary N) is 1. The number of carbonyl (C=O) groups is 1. The highest BCUT2D eigenvalue weighted by atomic mass is 79.9. The lowest BCUT2D eigenvalue weighted by molar-refractivity contribution is 0.0139. The Balaban J connectivity index is 2.19. The van der Waals surface area contributed by atoms with Gasteiger partial charge in [-0.05, 0) is 31.0 Å². The summed E-state index contributed by atoms with van der Waals surface area (Å²) in [4.78, 5) is 14.2. The Kier molecular flexibility index (Phi) is 5.12. The Morgan fingerprint density at radius 2 is 2.30 bits per heavy atom. The first-order chi connectivity index (χ1) is 9.55. The largest absolute Gasteiger partial charge is 0.381 e. The average Bonchev–Trinajstić information content (AvgIpc) is 2.44. The third kappa shape index (κ3) is 3.37. The molecule has 1 aromatic carbocycles. The number of carbonyl (C=O) groups excluding carboxylic acids is 1. The first-order valence-electron chi connectivity index (χ1n) is 6.55. The lowest BCUT2D eigenvalue weighted by Crippen LogP contribution is -2.51. The molecule has 2 N–H and O–H groups in total. The van der Waals surface area contributed by atoms with Crippen molar-refractivity contribution in [2.45, 2.75) is 25.0 Å². The summed E-state index contributed by atoms with van der Waals surface area (Å²) in [6, 6.07) is 4.14. The molecule has 0 radical (unpaired) electrons. The summed E-state index contributed by atoms with van der Waals surface area (Å²) in [5.41, 5.74) is 6.09. The molecule has 0 aromatic heterocycles. The van der Waals surface area contributed by atoms with E-state index >= 15 is 0 Å². The molecule has 1 amide bonds. The van der Waals surface area contributed by atoms with Crippen LogP contribution in [0.3, 0.4) is 0 Å². The SMILES string of the molecule is COC1CCN(C(=O)c2cc(F)cc(Br)c2)C(CN)C1. The van der Waals surface area contributed by atoms with Crippen LogP contribution in [-0.2, 0) is 4.74 Å². The zero-order valence-corrected chi connectivity index (χ0v) is 12.9. The minimum atomic E-state index is -0.432. The highest BCUT2D eigenvalue weighted by molar-refractivity contribution is 9.10. The van der Waals surface area contributed by atoms with E-state index in [0.717, 1.165) is 12.8 Å². The molecular weight excluding hydrogens is 327 g/mol. The summed E-state index contributed by atoms with van der Waals surface area (Å²) in [7, 11) is 1.67. The van der Waals surface area contributed by atoms with Crippen LogP contribution in [0.1, 0.15) is 23.2 Å². The van der Waals surface area contributed by atoms with Crippen LogP contribution in [0, 0.1) is 5.82 Å². The third-order valence-electron chi connectivity index (χ3n) is 3.64. The van der Waals surface area contributed by atoms with Crippen molar-refractivity contribution in [3.8, 4) is 0 Å². The van der Waals surface area contributed by atoms with E-state index in [1.54, 1.807) is 18.1 Å². The Labute approximate surface area is 126 Å². The van der Waals surface area contributed by atoms with Gasteiger partial charge in [-0.2, -0.15) is 0 Å². The molecule has 2 atom stereocenters. The molecule has 2 unspecified atom stereocenters. The molecule has 1 heterocycles. The van der Waals surface area contributed by atoms with Crippen molar-refractivity contribution in [3.05, 3.63) is 34.1 Å². The Morgan fingerprint density at radius 1 is 1.55 bits per heavy atom. The van der Waals surface area contributed by atoms with Crippen molar-refractivity contribution in [1.29, 1.82) is 0 Å². The fraction of sp³-hybridized carbons (Fsp3) is 0.500. The maximum Gasteiger partial charge on any atom is 0.254 e. The standard InChI is InChI=1S/C14H18BrFN2O2/c1-20-13-2-3-18(12(7-13)8-17)14(19)9-4-10(15)6-11(16)5-9/h4-6,12-13H,2-3,7-8,17H2,1H3. The molecule has 1 aliphatic heterocycles. The van der Waals surface area contributed by atoms with E-state index in [9.17, 15) is 9.18 Å². The van der Waals surface area contributed by atoms with E-state index < -0.39 is 5.82 Å². The second kappa shape index (κ2) is 6.65. The number of rotatable bonds is 3. The van der Waals surface area contributed by atoms with Gasteiger partial charge in [0.25, 0.3) is 5.91 Å². The van der Waals surface area contributed by atoms with E-state index in [0.29, 0.717) is 23.1 Å². The van der Waals surface area contributed by atoms with Crippen LogP contribution in [0.2, 0.25) is 0 Å². The van der Waals surface area contributed by atoms with Crippen molar-refractivity contribution >= 4 is 21.8 Å².